The minimum atomic E-state index is -2.88. The molecule has 0 fully saturated rings. The second-order valence-corrected chi connectivity index (χ2v) is 6.60. The lowest BCUT2D eigenvalue weighted by Gasteiger charge is -2.09. The molecule has 0 heterocycles. The average molecular weight is 241 g/mol. The van der Waals surface area contributed by atoms with Crippen LogP contribution in [0.2, 0.25) is 0 Å². The van der Waals surface area contributed by atoms with Gasteiger partial charge in [-0.1, -0.05) is 26.0 Å². The van der Waals surface area contributed by atoms with Crippen molar-refractivity contribution in [3.05, 3.63) is 29.8 Å². The van der Waals surface area contributed by atoms with E-state index in [0.29, 0.717) is 12.5 Å². The molecule has 1 aromatic carbocycles. The number of hydrogen-bond acceptors (Lipinski definition) is 3. The molecule has 1 rings (SSSR count). The topological polar surface area (TPSA) is 46.2 Å². The first kappa shape index (κ1) is 13.0. The Morgan fingerprint density at radius 2 is 2.00 bits per heavy atom. The standard InChI is InChI=1S/C12H19NO2S/c1-10(2)11-5-4-6-12(9-11)13-7-8-16(3,14)15/h4-6,9-10,13H,7-8H2,1-3H3. The van der Waals surface area contributed by atoms with Crippen LogP contribution in [0.4, 0.5) is 5.69 Å². The zero-order valence-corrected chi connectivity index (χ0v) is 10.8. The lowest BCUT2D eigenvalue weighted by atomic mass is 10.0. The fourth-order valence-electron chi connectivity index (χ4n) is 1.39. The van der Waals surface area contributed by atoms with Gasteiger partial charge in [-0.25, -0.2) is 8.42 Å². The molecular formula is C12H19NO2S. The molecule has 0 radical (unpaired) electrons. The van der Waals surface area contributed by atoms with Crippen LogP contribution >= 0.6 is 0 Å². The fraction of sp³-hybridized carbons (Fsp3) is 0.500. The molecule has 0 aliphatic rings. The van der Waals surface area contributed by atoms with Crippen molar-refractivity contribution in [3.8, 4) is 0 Å². The monoisotopic (exact) mass is 241 g/mol. The van der Waals surface area contributed by atoms with Crippen molar-refractivity contribution in [1.29, 1.82) is 0 Å². The van der Waals surface area contributed by atoms with Crippen molar-refractivity contribution in [2.45, 2.75) is 19.8 Å². The quantitative estimate of drug-likeness (QED) is 0.860. The minimum absolute atomic E-state index is 0.166. The summed E-state index contributed by atoms with van der Waals surface area (Å²) in [4.78, 5) is 0. The van der Waals surface area contributed by atoms with Crippen LogP contribution in [0.5, 0.6) is 0 Å². The molecular weight excluding hydrogens is 222 g/mol. The second-order valence-electron chi connectivity index (χ2n) is 4.34. The Labute approximate surface area is 97.8 Å². The van der Waals surface area contributed by atoms with Crippen LogP contribution in [0.25, 0.3) is 0 Å². The van der Waals surface area contributed by atoms with Gasteiger partial charge in [-0.15, -0.1) is 0 Å². The smallest absolute Gasteiger partial charge is 0.149 e. The lowest BCUT2D eigenvalue weighted by Crippen LogP contribution is -2.14. The maximum atomic E-state index is 11.0. The predicted molar refractivity (Wildman–Crippen MR) is 68.7 cm³/mol. The van der Waals surface area contributed by atoms with Gasteiger partial charge in [-0.3, -0.25) is 0 Å². The van der Waals surface area contributed by atoms with Gasteiger partial charge >= 0.3 is 0 Å². The third-order valence-corrected chi connectivity index (χ3v) is 3.30. The maximum absolute atomic E-state index is 11.0. The van der Waals surface area contributed by atoms with E-state index in [1.165, 1.54) is 11.8 Å². The molecule has 0 saturated carbocycles. The number of anilines is 1. The Morgan fingerprint density at radius 1 is 1.31 bits per heavy atom. The number of sulfone groups is 1. The summed E-state index contributed by atoms with van der Waals surface area (Å²) in [7, 11) is -2.88. The van der Waals surface area contributed by atoms with Gasteiger partial charge in [0.15, 0.2) is 0 Å². The van der Waals surface area contributed by atoms with Gasteiger partial charge in [-0.05, 0) is 23.6 Å². The Hall–Kier alpha value is -1.03. The van der Waals surface area contributed by atoms with Crippen LogP contribution in [-0.4, -0.2) is 27.0 Å². The summed E-state index contributed by atoms with van der Waals surface area (Å²) in [6, 6.07) is 8.08. The molecule has 90 valence electrons. The summed E-state index contributed by atoms with van der Waals surface area (Å²) in [6.45, 7) is 4.73. The molecule has 0 aliphatic heterocycles. The van der Waals surface area contributed by atoms with Gasteiger partial charge in [0.25, 0.3) is 0 Å². The van der Waals surface area contributed by atoms with Crippen molar-refractivity contribution in [3.63, 3.8) is 0 Å². The number of benzene rings is 1. The Morgan fingerprint density at radius 3 is 2.56 bits per heavy atom. The molecule has 0 bridgehead atoms. The van der Waals surface area contributed by atoms with Crippen molar-refractivity contribution in [2.24, 2.45) is 0 Å². The van der Waals surface area contributed by atoms with E-state index in [9.17, 15) is 8.42 Å². The highest BCUT2D eigenvalue weighted by Crippen LogP contribution is 2.18. The molecule has 1 aromatic rings. The first-order valence-corrected chi connectivity index (χ1v) is 7.46. The van der Waals surface area contributed by atoms with Gasteiger partial charge < -0.3 is 5.32 Å². The molecule has 0 atom stereocenters. The van der Waals surface area contributed by atoms with E-state index in [4.69, 9.17) is 0 Å². The highest BCUT2D eigenvalue weighted by atomic mass is 32.2. The van der Waals surface area contributed by atoms with E-state index in [1.807, 2.05) is 12.1 Å². The van der Waals surface area contributed by atoms with Crippen LogP contribution in [-0.2, 0) is 9.84 Å². The molecule has 0 aliphatic carbocycles. The first-order valence-electron chi connectivity index (χ1n) is 5.40. The van der Waals surface area contributed by atoms with Crippen molar-refractivity contribution >= 4 is 15.5 Å². The summed E-state index contributed by atoms with van der Waals surface area (Å²) in [5.74, 6) is 0.649. The molecule has 4 heteroatoms. The second kappa shape index (κ2) is 5.34. The van der Waals surface area contributed by atoms with Crippen molar-refractivity contribution in [1.82, 2.24) is 0 Å². The largest absolute Gasteiger partial charge is 0.384 e. The SMILES string of the molecule is CC(C)c1cccc(NCCS(C)(=O)=O)c1. The van der Waals surface area contributed by atoms with Gasteiger partial charge in [0.05, 0.1) is 5.75 Å². The lowest BCUT2D eigenvalue weighted by molar-refractivity contribution is 0.602. The summed E-state index contributed by atoms with van der Waals surface area (Å²) in [6.07, 6.45) is 1.25. The zero-order chi connectivity index (χ0) is 12.2. The normalized spacial score (nSPS) is 11.8. The molecule has 0 spiro atoms. The fourth-order valence-corrected chi connectivity index (χ4v) is 1.86. The highest BCUT2D eigenvalue weighted by molar-refractivity contribution is 7.90. The molecule has 0 amide bonds. The predicted octanol–water partition coefficient (Wildman–Crippen LogP) is 2.27. The third kappa shape index (κ3) is 4.66. The van der Waals surface area contributed by atoms with Crippen LogP contribution < -0.4 is 5.32 Å². The first-order chi connectivity index (χ1) is 7.38. The van der Waals surface area contributed by atoms with Gasteiger partial charge in [0.2, 0.25) is 0 Å². The maximum Gasteiger partial charge on any atom is 0.149 e. The van der Waals surface area contributed by atoms with E-state index in [1.54, 1.807) is 0 Å². The van der Waals surface area contributed by atoms with Crippen LogP contribution in [0.15, 0.2) is 24.3 Å². The Kier molecular flexibility index (Phi) is 4.35. The van der Waals surface area contributed by atoms with E-state index in [2.05, 4.69) is 31.3 Å². The van der Waals surface area contributed by atoms with Crippen molar-refractivity contribution in [2.75, 3.05) is 23.9 Å². The third-order valence-electron chi connectivity index (χ3n) is 2.36. The molecule has 0 unspecified atom stereocenters. The minimum Gasteiger partial charge on any atom is -0.384 e. The van der Waals surface area contributed by atoms with E-state index < -0.39 is 9.84 Å². The molecule has 1 N–H and O–H groups in total. The van der Waals surface area contributed by atoms with Gasteiger partial charge in [0, 0.05) is 18.5 Å². The van der Waals surface area contributed by atoms with Gasteiger partial charge in [-0.2, -0.15) is 0 Å². The molecule has 0 aromatic heterocycles. The van der Waals surface area contributed by atoms with E-state index in [-0.39, 0.29) is 5.75 Å². The summed E-state index contributed by atoms with van der Waals surface area (Å²) >= 11 is 0. The summed E-state index contributed by atoms with van der Waals surface area (Å²) in [5.41, 5.74) is 2.24. The zero-order valence-electron chi connectivity index (χ0n) is 10.0. The number of hydrogen-bond donors (Lipinski definition) is 1. The van der Waals surface area contributed by atoms with Crippen LogP contribution in [0.1, 0.15) is 25.3 Å². The van der Waals surface area contributed by atoms with Gasteiger partial charge in [0.1, 0.15) is 9.84 Å². The highest BCUT2D eigenvalue weighted by Gasteiger charge is 2.02. The van der Waals surface area contributed by atoms with Crippen LogP contribution in [0, 0.1) is 0 Å². The number of nitrogens with one attached hydrogen (secondary N) is 1. The molecule has 16 heavy (non-hydrogen) atoms. The van der Waals surface area contributed by atoms with E-state index in [0.717, 1.165) is 5.69 Å². The Balaban J connectivity index is 2.58. The number of rotatable bonds is 5. The Bertz CT molecular complexity index is 438. The van der Waals surface area contributed by atoms with E-state index >= 15 is 0 Å². The van der Waals surface area contributed by atoms with Crippen molar-refractivity contribution < 1.29 is 8.42 Å². The average Bonchev–Trinajstić information content (AvgIpc) is 2.16. The van der Waals surface area contributed by atoms with Crippen LogP contribution in [0.3, 0.4) is 0 Å². The summed E-state index contributed by atoms with van der Waals surface area (Å²) < 4.78 is 21.9. The molecule has 0 saturated heterocycles. The molecule has 3 nitrogen and oxygen atoms in total. The summed E-state index contributed by atoms with van der Waals surface area (Å²) in [5, 5.41) is 3.12.